The maximum Gasteiger partial charge on any atom is 0.138 e. The molecule has 182 valence electrons. The van der Waals surface area contributed by atoms with Gasteiger partial charge in [0.15, 0.2) is 0 Å². The summed E-state index contributed by atoms with van der Waals surface area (Å²) in [5, 5.41) is 0. The van der Waals surface area contributed by atoms with E-state index >= 15 is 0 Å². The van der Waals surface area contributed by atoms with E-state index in [0.717, 1.165) is 19.4 Å². The Bertz CT molecular complexity index is 1130. The molecular weight excluding hydrogens is 430 g/mol. The minimum atomic E-state index is -0.485. The lowest BCUT2D eigenvalue weighted by atomic mass is 9.66. The molecule has 0 N–H and O–H groups in total. The molecule has 4 atom stereocenters. The molecule has 2 aliphatic rings. The monoisotopic (exact) mass is 467 g/mol. The van der Waals surface area contributed by atoms with Crippen molar-refractivity contribution in [3.63, 3.8) is 0 Å². The lowest BCUT2D eigenvalue weighted by Crippen LogP contribution is -2.70. The van der Waals surface area contributed by atoms with E-state index < -0.39 is 5.60 Å². The van der Waals surface area contributed by atoms with Crippen LogP contribution >= 0.6 is 0 Å². The highest BCUT2D eigenvalue weighted by molar-refractivity contribution is 5.83. The molecule has 0 radical (unpaired) electrons. The standard InChI is InChI=1S/C32H37NO2/c1-24-19-20-28(29(34)21-24)31(2,3)33-23-32(27-17-11-6-12-18-27,30(33)26-15-9-5-10-16-26)35-22-25-13-7-4-8-14-25/h4-18,24,28,30H,19-23H2,1-3H3/t24-,28-,30+,32+/m1/s1. The van der Waals surface area contributed by atoms with Crippen molar-refractivity contribution in [1.82, 2.24) is 4.90 Å². The smallest absolute Gasteiger partial charge is 0.138 e. The maximum absolute atomic E-state index is 13.2. The van der Waals surface area contributed by atoms with Gasteiger partial charge >= 0.3 is 0 Å². The lowest BCUT2D eigenvalue weighted by Gasteiger charge is -2.64. The number of hydrogen-bond acceptors (Lipinski definition) is 3. The fraction of sp³-hybridized carbons (Fsp3) is 0.406. The Kier molecular flexibility index (Phi) is 6.65. The van der Waals surface area contributed by atoms with Gasteiger partial charge in [-0.2, -0.15) is 0 Å². The van der Waals surface area contributed by atoms with Crippen LogP contribution in [0.4, 0.5) is 0 Å². The van der Waals surface area contributed by atoms with Crippen LogP contribution in [0.5, 0.6) is 0 Å². The first-order chi connectivity index (χ1) is 16.9. The largest absolute Gasteiger partial charge is 0.362 e. The van der Waals surface area contributed by atoms with Crippen molar-refractivity contribution in [3.8, 4) is 0 Å². The summed E-state index contributed by atoms with van der Waals surface area (Å²) >= 11 is 0. The molecule has 1 aliphatic heterocycles. The summed E-state index contributed by atoms with van der Waals surface area (Å²) in [6.07, 6.45) is 2.79. The molecule has 3 nitrogen and oxygen atoms in total. The van der Waals surface area contributed by atoms with Gasteiger partial charge in [0.05, 0.1) is 12.6 Å². The normalized spacial score (nSPS) is 27.4. The van der Waals surface area contributed by atoms with E-state index in [1.54, 1.807) is 0 Å². The second-order valence-electron chi connectivity index (χ2n) is 11.0. The second kappa shape index (κ2) is 9.72. The molecule has 1 saturated carbocycles. The molecule has 0 unspecified atom stereocenters. The minimum Gasteiger partial charge on any atom is -0.362 e. The Morgan fingerprint density at radius 1 is 0.886 bits per heavy atom. The number of carbonyl (C=O) groups is 1. The molecule has 3 aromatic rings. The first-order valence-electron chi connectivity index (χ1n) is 13.0. The van der Waals surface area contributed by atoms with Gasteiger partial charge in [0.25, 0.3) is 0 Å². The zero-order chi connectivity index (χ0) is 24.5. The van der Waals surface area contributed by atoms with Gasteiger partial charge in [0.2, 0.25) is 0 Å². The molecule has 0 amide bonds. The fourth-order valence-corrected chi connectivity index (χ4v) is 6.30. The Labute approximate surface area is 210 Å². The van der Waals surface area contributed by atoms with Gasteiger partial charge < -0.3 is 4.74 Å². The molecule has 1 aliphatic carbocycles. The molecule has 0 spiro atoms. The Hall–Kier alpha value is -2.75. The third-order valence-electron chi connectivity index (χ3n) is 8.36. The van der Waals surface area contributed by atoms with Crippen LogP contribution in [0.1, 0.15) is 62.8 Å². The van der Waals surface area contributed by atoms with Crippen molar-refractivity contribution in [2.75, 3.05) is 6.54 Å². The first-order valence-corrected chi connectivity index (χ1v) is 13.0. The Morgan fingerprint density at radius 2 is 1.49 bits per heavy atom. The van der Waals surface area contributed by atoms with Crippen LogP contribution in [-0.2, 0) is 21.7 Å². The third kappa shape index (κ3) is 4.48. The topological polar surface area (TPSA) is 29.5 Å². The first kappa shape index (κ1) is 24.0. The summed E-state index contributed by atoms with van der Waals surface area (Å²) in [6, 6.07) is 31.8. The van der Waals surface area contributed by atoms with E-state index in [-0.39, 0.29) is 17.5 Å². The van der Waals surface area contributed by atoms with Gasteiger partial charge in [-0.05, 0) is 49.3 Å². The highest BCUT2D eigenvalue weighted by Crippen LogP contribution is 2.56. The van der Waals surface area contributed by atoms with Crippen molar-refractivity contribution in [1.29, 1.82) is 0 Å². The van der Waals surface area contributed by atoms with Gasteiger partial charge in [-0.15, -0.1) is 0 Å². The van der Waals surface area contributed by atoms with Gasteiger partial charge in [-0.3, -0.25) is 9.69 Å². The number of rotatable bonds is 7. The van der Waals surface area contributed by atoms with E-state index in [9.17, 15) is 4.79 Å². The second-order valence-corrected chi connectivity index (χ2v) is 11.0. The van der Waals surface area contributed by atoms with Crippen molar-refractivity contribution in [2.45, 2.75) is 63.8 Å². The van der Waals surface area contributed by atoms with Gasteiger partial charge in [0, 0.05) is 24.4 Å². The van der Waals surface area contributed by atoms with E-state index in [1.807, 2.05) is 6.07 Å². The number of nitrogens with zero attached hydrogens (tertiary/aromatic N) is 1. The van der Waals surface area contributed by atoms with Crippen molar-refractivity contribution in [3.05, 3.63) is 108 Å². The number of Topliss-reactive ketones (excluding diaryl/α,β-unsaturated/α-hetero) is 1. The van der Waals surface area contributed by atoms with Gasteiger partial charge in [-0.25, -0.2) is 0 Å². The van der Waals surface area contributed by atoms with Gasteiger partial charge in [0.1, 0.15) is 11.4 Å². The summed E-state index contributed by atoms with van der Waals surface area (Å²) in [4.78, 5) is 15.8. The minimum absolute atomic E-state index is 0.0250. The zero-order valence-corrected chi connectivity index (χ0v) is 21.2. The summed E-state index contributed by atoms with van der Waals surface area (Å²) in [6.45, 7) is 8.06. The molecule has 5 rings (SSSR count). The number of ether oxygens (including phenoxy) is 1. The predicted molar refractivity (Wildman–Crippen MR) is 141 cm³/mol. The molecule has 0 bridgehead atoms. The number of hydrogen-bond donors (Lipinski definition) is 0. The highest BCUT2D eigenvalue weighted by atomic mass is 16.5. The molecule has 0 aromatic heterocycles. The lowest BCUT2D eigenvalue weighted by molar-refractivity contribution is -0.240. The maximum atomic E-state index is 13.2. The molecule has 1 heterocycles. The van der Waals surface area contributed by atoms with E-state index in [4.69, 9.17) is 4.74 Å². The number of likely N-dealkylation sites (tertiary alicyclic amines) is 1. The highest BCUT2D eigenvalue weighted by Gasteiger charge is 2.61. The van der Waals surface area contributed by atoms with Gasteiger partial charge in [-0.1, -0.05) is 97.9 Å². The Morgan fingerprint density at radius 3 is 2.11 bits per heavy atom. The van der Waals surface area contributed by atoms with Crippen molar-refractivity contribution >= 4 is 5.78 Å². The average Bonchev–Trinajstić information content (AvgIpc) is 2.85. The quantitative estimate of drug-likeness (QED) is 0.377. The number of ketones is 1. The van der Waals surface area contributed by atoms with Crippen LogP contribution in [0, 0.1) is 11.8 Å². The third-order valence-corrected chi connectivity index (χ3v) is 8.36. The summed E-state index contributed by atoms with van der Waals surface area (Å²) < 4.78 is 6.93. The van der Waals surface area contributed by atoms with Crippen LogP contribution in [0.15, 0.2) is 91.0 Å². The number of benzene rings is 3. The summed E-state index contributed by atoms with van der Waals surface area (Å²) in [5.41, 5.74) is 2.86. The SMILES string of the molecule is C[C@@H]1CC[C@@H](C(C)(C)N2C[C@](OCc3ccccc3)(c3ccccc3)[C@@H]2c2ccccc2)C(=O)C1. The van der Waals surface area contributed by atoms with E-state index in [2.05, 4.69) is 111 Å². The zero-order valence-electron chi connectivity index (χ0n) is 21.2. The van der Waals surface area contributed by atoms with Crippen LogP contribution < -0.4 is 0 Å². The van der Waals surface area contributed by atoms with Crippen LogP contribution in [0.3, 0.4) is 0 Å². The van der Waals surface area contributed by atoms with Crippen molar-refractivity contribution < 1.29 is 9.53 Å². The number of carbonyl (C=O) groups excluding carboxylic acids is 1. The van der Waals surface area contributed by atoms with Crippen LogP contribution in [0.25, 0.3) is 0 Å². The molecule has 2 fully saturated rings. The molecule has 1 saturated heterocycles. The average molecular weight is 468 g/mol. The van der Waals surface area contributed by atoms with E-state index in [1.165, 1.54) is 16.7 Å². The predicted octanol–water partition coefficient (Wildman–Crippen LogP) is 6.94. The summed E-state index contributed by atoms with van der Waals surface area (Å²) in [7, 11) is 0. The van der Waals surface area contributed by atoms with Crippen LogP contribution in [-0.4, -0.2) is 22.8 Å². The summed E-state index contributed by atoms with van der Waals surface area (Å²) in [5.74, 6) is 0.962. The van der Waals surface area contributed by atoms with Crippen molar-refractivity contribution in [2.24, 2.45) is 11.8 Å². The molecule has 35 heavy (non-hydrogen) atoms. The molecule has 3 aromatic carbocycles. The molecular formula is C32H37NO2. The van der Waals surface area contributed by atoms with E-state index in [0.29, 0.717) is 24.7 Å². The van der Waals surface area contributed by atoms with Crippen LogP contribution in [0.2, 0.25) is 0 Å². The Balaban J connectivity index is 1.54. The molecule has 3 heteroatoms. The fourth-order valence-electron chi connectivity index (χ4n) is 6.30.